The SMILES string of the molecule is O=C(Nc1nc(-c2ccc(Cl)cc2)cs1)c1ccc2ncsc2c1. The number of nitrogens with zero attached hydrogens (tertiary/aromatic N) is 2. The molecule has 24 heavy (non-hydrogen) atoms. The Labute approximate surface area is 150 Å². The van der Waals surface area contributed by atoms with Gasteiger partial charge in [-0.2, -0.15) is 0 Å². The molecule has 4 aromatic rings. The number of hydrogen-bond donors (Lipinski definition) is 1. The smallest absolute Gasteiger partial charge is 0.257 e. The molecule has 118 valence electrons. The number of rotatable bonds is 3. The van der Waals surface area contributed by atoms with E-state index in [0.29, 0.717) is 15.7 Å². The predicted molar refractivity (Wildman–Crippen MR) is 100 cm³/mol. The Morgan fingerprint density at radius 3 is 2.75 bits per heavy atom. The molecule has 2 aromatic heterocycles. The highest BCUT2D eigenvalue weighted by molar-refractivity contribution is 7.16. The lowest BCUT2D eigenvalue weighted by Gasteiger charge is -2.01. The normalized spacial score (nSPS) is 10.9. The van der Waals surface area contributed by atoms with Crippen molar-refractivity contribution in [1.29, 1.82) is 0 Å². The Hall–Kier alpha value is -2.28. The molecule has 0 bridgehead atoms. The van der Waals surface area contributed by atoms with Crippen LogP contribution in [-0.4, -0.2) is 15.9 Å². The van der Waals surface area contributed by atoms with Crippen LogP contribution in [-0.2, 0) is 0 Å². The quantitative estimate of drug-likeness (QED) is 0.529. The van der Waals surface area contributed by atoms with Gasteiger partial charge in [-0.1, -0.05) is 23.7 Å². The number of halogens is 1. The molecule has 0 aliphatic rings. The third-order valence-corrected chi connectivity index (χ3v) is 5.26. The predicted octanol–water partition coefficient (Wildman–Crippen LogP) is 5.33. The number of carbonyl (C=O) groups excluding carboxylic acids is 1. The minimum atomic E-state index is -0.178. The minimum absolute atomic E-state index is 0.178. The summed E-state index contributed by atoms with van der Waals surface area (Å²) in [6, 6.07) is 12.9. The molecule has 2 heterocycles. The zero-order chi connectivity index (χ0) is 16.5. The van der Waals surface area contributed by atoms with Crippen LogP contribution < -0.4 is 5.32 Å². The molecule has 0 aliphatic heterocycles. The largest absolute Gasteiger partial charge is 0.298 e. The summed E-state index contributed by atoms with van der Waals surface area (Å²) in [5.74, 6) is -0.178. The average molecular weight is 372 g/mol. The van der Waals surface area contributed by atoms with Gasteiger partial charge < -0.3 is 0 Å². The molecule has 1 N–H and O–H groups in total. The van der Waals surface area contributed by atoms with Gasteiger partial charge in [0.1, 0.15) is 0 Å². The summed E-state index contributed by atoms with van der Waals surface area (Å²) in [6.07, 6.45) is 0. The Morgan fingerprint density at radius 1 is 1.08 bits per heavy atom. The molecule has 0 spiro atoms. The number of thiazole rings is 2. The molecule has 0 saturated heterocycles. The molecule has 0 unspecified atom stereocenters. The number of fused-ring (bicyclic) bond motifs is 1. The lowest BCUT2D eigenvalue weighted by Crippen LogP contribution is -2.11. The zero-order valence-electron chi connectivity index (χ0n) is 12.2. The van der Waals surface area contributed by atoms with Gasteiger partial charge in [0.05, 0.1) is 21.4 Å². The topological polar surface area (TPSA) is 54.9 Å². The Bertz CT molecular complexity index is 1020. The molecule has 4 nitrogen and oxygen atoms in total. The van der Waals surface area contributed by atoms with E-state index < -0.39 is 0 Å². The summed E-state index contributed by atoms with van der Waals surface area (Å²) in [4.78, 5) is 21.1. The zero-order valence-corrected chi connectivity index (χ0v) is 14.6. The summed E-state index contributed by atoms with van der Waals surface area (Å²) in [7, 11) is 0. The standard InChI is InChI=1S/C17H10ClN3OS2/c18-12-4-1-10(2-5-12)14-8-23-17(20-14)21-16(22)11-3-6-13-15(7-11)24-9-19-13/h1-9H,(H,20,21,22). The maximum atomic E-state index is 12.4. The highest BCUT2D eigenvalue weighted by Crippen LogP contribution is 2.26. The van der Waals surface area contributed by atoms with Crippen LogP contribution in [0.15, 0.2) is 53.4 Å². The van der Waals surface area contributed by atoms with Crippen molar-refractivity contribution in [3.8, 4) is 11.3 Å². The molecule has 1 amide bonds. The van der Waals surface area contributed by atoms with E-state index >= 15 is 0 Å². The van der Waals surface area contributed by atoms with Crippen molar-refractivity contribution in [1.82, 2.24) is 9.97 Å². The van der Waals surface area contributed by atoms with Gasteiger partial charge in [-0.3, -0.25) is 10.1 Å². The Kier molecular flexibility index (Phi) is 4.02. The summed E-state index contributed by atoms with van der Waals surface area (Å²) in [5, 5.41) is 6.00. The fourth-order valence-corrected chi connectivity index (χ4v) is 3.81. The van der Waals surface area contributed by atoms with Crippen LogP contribution in [0.2, 0.25) is 5.02 Å². The second-order valence-corrected chi connectivity index (χ2v) is 7.21. The fraction of sp³-hybridized carbons (Fsp3) is 0. The van der Waals surface area contributed by atoms with Gasteiger partial charge in [0.2, 0.25) is 0 Å². The summed E-state index contributed by atoms with van der Waals surface area (Å²) in [5.41, 5.74) is 5.03. The summed E-state index contributed by atoms with van der Waals surface area (Å²) >= 11 is 8.80. The van der Waals surface area contributed by atoms with Crippen molar-refractivity contribution in [2.75, 3.05) is 5.32 Å². The lowest BCUT2D eigenvalue weighted by atomic mass is 10.2. The molecular weight excluding hydrogens is 362 g/mol. The van der Waals surface area contributed by atoms with Crippen molar-refractivity contribution in [3.63, 3.8) is 0 Å². The second kappa shape index (κ2) is 6.32. The fourth-order valence-electron chi connectivity index (χ4n) is 2.25. The second-order valence-electron chi connectivity index (χ2n) is 5.03. The maximum absolute atomic E-state index is 12.4. The van der Waals surface area contributed by atoms with Gasteiger partial charge in [-0.15, -0.1) is 22.7 Å². The van der Waals surface area contributed by atoms with Crippen LogP contribution in [0, 0.1) is 0 Å². The van der Waals surface area contributed by atoms with Gasteiger partial charge in [-0.05, 0) is 30.3 Å². The van der Waals surface area contributed by atoms with E-state index in [1.165, 1.54) is 22.7 Å². The minimum Gasteiger partial charge on any atom is -0.298 e. The number of carbonyl (C=O) groups is 1. The van der Waals surface area contributed by atoms with Crippen LogP contribution in [0.25, 0.3) is 21.5 Å². The maximum Gasteiger partial charge on any atom is 0.257 e. The Morgan fingerprint density at radius 2 is 1.92 bits per heavy atom. The first-order valence-electron chi connectivity index (χ1n) is 7.05. The van der Waals surface area contributed by atoms with Gasteiger partial charge in [-0.25, -0.2) is 9.97 Å². The molecule has 0 atom stereocenters. The first kappa shape index (κ1) is 15.3. The van der Waals surface area contributed by atoms with E-state index in [1.807, 2.05) is 41.8 Å². The third kappa shape index (κ3) is 3.03. The van der Waals surface area contributed by atoms with Crippen molar-refractivity contribution in [3.05, 3.63) is 63.9 Å². The molecule has 2 aromatic carbocycles. The van der Waals surface area contributed by atoms with Gasteiger partial charge in [0.25, 0.3) is 5.91 Å². The van der Waals surface area contributed by atoms with Gasteiger partial charge in [0.15, 0.2) is 5.13 Å². The molecule has 0 radical (unpaired) electrons. The Balaban J connectivity index is 1.54. The van der Waals surface area contributed by atoms with E-state index in [1.54, 1.807) is 11.6 Å². The van der Waals surface area contributed by atoms with E-state index in [4.69, 9.17) is 11.6 Å². The van der Waals surface area contributed by atoms with Crippen molar-refractivity contribution >= 4 is 55.5 Å². The van der Waals surface area contributed by atoms with Crippen LogP contribution >= 0.6 is 34.3 Å². The molecule has 7 heteroatoms. The van der Waals surface area contributed by atoms with Crippen molar-refractivity contribution in [2.45, 2.75) is 0 Å². The molecule has 0 saturated carbocycles. The van der Waals surface area contributed by atoms with Crippen LogP contribution in [0.5, 0.6) is 0 Å². The van der Waals surface area contributed by atoms with Crippen LogP contribution in [0.1, 0.15) is 10.4 Å². The molecular formula is C17H10ClN3OS2. The monoisotopic (exact) mass is 371 g/mol. The first-order chi connectivity index (χ1) is 11.7. The summed E-state index contributed by atoms with van der Waals surface area (Å²) in [6.45, 7) is 0. The number of anilines is 1. The number of amides is 1. The molecule has 0 fully saturated rings. The number of hydrogen-bond acceptors (Lipinski definition) is 5. The van der Waals surface area contributed by atoms with E-state index in [9.17, 15) is 4.79 Å². The van der Waals surface area contributed by atoms with E-state index in [0.717, 1.165) is 21.5 Å². The van der Waals surface area contributed by atoms with E-state index in [2.05, 4.69) is 15.3 Å². The van der Waals surface area contributed by atoms with Crippen LogP contribution in [0.4, 0.5) is 5.13 Å². The molecule has 4 rings (SSSR count). The van der Waals surface area contributed by atoms with Crippen molar-refractivity contribution < 1.29 is 4.79 Å². The highest BCUT2D eigenvalue weighted by atomic mass is 35.5. The van der Waals surface area contributed by atoms with Crippen LogP contribution in [0.3, 0.4) is 0 Å². The lowest BCUT2D eigenvalue weighted by molar-refractivity contribution is 0.102. The number of benzene rings is 2. The highest BCUT2D eigenvalue weighted by Gasteiger charge is 2.11. The number of aromatic nitrogens is 2. The summed E-state index contributed by atoms with van der Waals surface area (Å²) < 4.78 is 0.989. The van der Waals surface area contributed by atoms with Gasteiger partial charge in [0, 0.05) is 21.5 Å². The molecule has 0 aliphatic carbocycles. The van der Waals surface area contributed by atoms with Crippen molar-refractivity contribution in [2.24, 2.45) is 0 Å². The van der Waals surface area contributed by atoms with Gasteiger partial charge >= 0.3 is 0 Å². The average Bonchev–Trinajstić information content (AvgIpc) is 3.24. The van der Waals surface area contributed by atoms with E-state index in [-0.39, 0.29) is 5.91 Å². The number of nitrogens with one attached hydrogen (secondary N) is 1. The third-order valence-electron chi connectivity index (χ3n) is 3.46. The first-order valence-corrected chi connectivity index (χ1v) is 9.19.